The number of nitrogens with zero attached hydrogens (tertiary/aromatic N) is 1. The Morgan fingerprint density at radius 2 is 2.44 bits per heavy atom. The summed E-state index contributed by atoms with van der Waals surface area (Å²) < 4.78 is 5.04. The lowest BCUT2D eigenvalue weighted by atomic mass is 10.1. The summed E-state index contributed by atoms with van der Waals surface area (Å²) in [6.45, 7) is 5.55. The predicted molar refractivity (Wildman–Crippen MR) is 37.5 cm³/mol. The second-order valence-corrected chi connectivity index (χ2v) is 2.53. The summed E-state index contributed by atoms with van der Waals surface area (Å²) in [7, 11) is 1.77. The molecule has 0 amide bonds. The summed E-state index contributed by atoms with van der Waals surface area (Å²) in [6, 6.07) is 0.722. The Bertz CT molecular complexity index is 83.0. The Morgan fingerprint density at radius 1 is 1.67 bits per heavy atom. The molecule has 0 saturated carbocycles. The molecule has 0 aromatic heterocycles. The first-order valence-electron chi connectivity index (χ1n) is 3.61. The molecule has 0 radical (unpaired) electrons. The minimum atomic E-state index is 0.722. The van der Waals surface area contributed by atoms with E-state index in [0.717, 1.165) is 12.6 Å². The molecule has 0 aliphatic carbocycles. The van der Waals surface area contributed by atoms with Gasteiger partial charge in [0, 0.05) is 19.7 Å². The van der Waals surface area contributed by atoms with Crippen LogP contribution >= 0.6 is 0 Å². The van der Waals surface area contributed by atoms with Crippen molar-refractivity contribution in [1.82, 2.24) is 4.90 Å². The summed E-state index contributed by atoms with van der Waals surface area (Å²) in [5.41, 5.74) is 0. The third-order valence-corrected chi connectivity index (χ3v) is 2.03. The van der Waals surface area contributed by atoms with Gasteiger partial charge in [-0.2, -0.15) is 0 Å². The number of rotatable bonds is 3. The SMILES string of the molecule is CCN1CC[C@H]1COC. The van der Waals surface area contributed by atoms with E-state index in [-0.39, 0.29) is 0 Å². The maximum atomic E-state index is 5.04. The van der Waals surface area contributed by atoms with Crippen LogP contribution in [0.5, 0.6) is 0 Å². The highest BCUT2D eigenvalue weighted by molar-refractivity contribution is 4.80. The Morgan fingerprint density at radius 3 is 2.78 bits per heavy atom. The van der Waals surface area contributed by atoms with Crippen LogP contribution in [0.25, 0.3) is 0 Å². The molecule has 54 valence electrons. The number of ether oxygens (including phenoxy) is 1. The smallest absolute Gasteiger partial charge is 0.0618 e. The van der Waals surface area contributed by atoms with Gasteiger partial charge in [0.25, 0.3) is 0 Å². The lowest BCUT2D eigenvalue weighted by Crippen LogP contribution is -2.49. The van der Waals surface area contributed by atoms with Gasteiger partial charge >= 0.3 is 0 Å². The quantitative estimate of drug-likeness (QED) is 0.557. The topological polar surface area (TPSA) is 12.5 Å². The molecule has 9 heavy (non-hydrogen) atoms. The average molecular weight is 129 g/mol. The van der Waals surface area contributed by atoms with Crippen molar-refractivity contribution in [3.8, 4) is 0 Å². The van der Waals surface area contributed by atoms with Crippen LogP contribution in [0.15, 0.2) is 0 Å². The highest BCUT2D eigenvalue weighted by Crippen LogP contribution is 2.15. The first-order chi connectivity index (χ1) is 4.38. The predicted octanol–water partition coefficient (Wildman–Crippen LogP) is 0.727. The van der Waals surface area contributed by atoms with Crippen molar-refractivity contribution in [2.24, 2.45) is 0 Å². The van der Waals surface area contributed by atoms with Gasteiger partial charge < -0.3 is 4.74 Å². The van der Waals surface area contributed by atoms with Crippen LogP contribution in [0.4, 0.5) is 0 Å². The van der Waals surface area contributed by atoms with Gasteiger partial charge in [-0.25, -0.2) is 0 Å². The van der Waals surface area contributed by atoms with Crippen LogP contribution in [0.3, 0.4) is 0 Å². The van der Waals surface area contributed by atoms with Crippen molar-refractivity contribution in [3.63, 3.8) is 0 Å². The number of hydrogen-bond acceptors (Lipinski definition) is 2. The standard InChI is InChI=1S/C7H15NO/c1-3-8-5-4-7(8)6-9-2/h7H,3-6H2,1-2H3/t7-/m0/s1. The van der Waals surface area contributed by atoms with E-state index < -0.39 is 0 Å². The van der Waals surface area contributed by atoms with E-state index in [4.69, 9.17) is 4.74 Å². The van der Waals surface area contributed by atoms with Gasteiger partial charge in [-0.3, -0.25) is 4.90 Å². The largest absolute Gasteiger partial charge is 0.383 e. The summed E-state index contributed by atoms with van der Waals surface area (Å²) in [6.07, 6.45) is 1.32. The highest BCUT2D eigenvalue weighted by Gasteiger charge is 2.25. The second-order valence-electron chi connectivity index (χ2n) is 2.53. The molecule has 1 rings (SSSR count). The van der Waals surface area contributed by atoms with E-state index in [0.29, 0.717) is 0 Å². The Kier molecular flexibility index (Phi) is 2.49. The molecule has 1 aliphatic heterocycles. The molecule has 0 aromatic rings. The fourth-order valence-corrected chi connectivity index (χ4v) is 1.29. The lowest BCUT2D eigenvalue weighted by molar-refractivity contribution is 0.0279. The summed E-state index contributed by atoms with van der Waals surface area (Å²) in [4.78, 5) is 2.43. The molecule has 1 fully saturated rings. The van der Waals surface area contributed by atoms with E-state index in [1.54, 1.807) is 7.11 Å². The van der Waals surface area contributed by atoms with E-state index in [1.807, 2.05) is 0 Å². The van der Waals surface area contributed by atoms with E-state index in [9.17, 15) is 0 Å². The zero-order valence-electron chi connectivity index (χ0n) is 6.26. The molecule has 0 spiro atoms. The van der Waals surface area contributed by atoms with Gasteiger partial charge in [0.1, 0.15) is 0 Å². The monoisotopic (exact) mass is 129 g/mol. The van der Waals surface area contributed by atoms with Crippen LogP contribution in [0, 0.1) is 0 Å². The molecular weight excluding hydrogens is 114 g/mol. The first kappa shape index (κ1) is 7.03. The molecule has 0 aromatic carbocycles. The molecule has 0 unspecified atom stereocenters. The number of likely N-dealkylation sites (N-methyl/N-ethyl adjacent to an activating group) is 1. The fourth-order valence-electron chi connectivity index (χ4n) is 1.29. The fraction of sp³-hybridized carbons (Fsp3) is 1.00. The van der Waals surface area contributed by atoms with E-state index in [1.165, 1.54) is 19.5 Å². The Hall–Kier alpha value is -0.0800. The molecule has 2 heteroatoms. The number of likely N-dealkylation sites (tertiary alicyclic amines) is 1. The maximum absolute atomic E-state index is 5.04. The van der Waals surface area contributed by atoms with Crippen molar-refractivity contribution < 1.29 is 4.74 Å². The molecular formula is C7H15NO. The molecule has 1 atom stereocenters. The van der Waals surface area contributed by atoms with E-state index in [2.05, 4.69) is 11.8 Å². The highest BCUT2D eigenvalue weighted by atomic mass is 16.5. The van der Waals surface area contributed by atoms with Crippen molar-refractivity contribution >= 4 is 0 Å². The van der Waals surface area contributed by atoms with Crippen LogP contribution in [-0.4, -0.2) is 37.7 Å². The van der Waals surface area contributed by atoms with Crippen molar-refractivity contribution in [2.45, 2.75) is 19.4 Å². The normalized spacial score (nSPS) is 28.0. The van der Waals surface area contributed by atoms with Gasteiger partial charge in [0.15, 0.2) is 0 Å². The molecule has 2 nitrogen and oxygen atoms in total. The zero-order chi connectivity index (χ0) is 6.69. The summed E-state index contributed by atoms with van der Waals surface area (Å²) in [5.74, 6) is 0. The van der Waals surface area contributed by atoms with Crippen molar-refractivity contribution in [2.75, 3.05) is 26.8 Å². The molecule has 1 saturated heterocycles. The molecule has 1 heterocycles. The van der Waals surface area contributed by atoms with Gasteiger partial charge in [0.05, 0.1) is 6.61 Å². The van der Waals surface area contributed by atoms with Gasteiger partial charge in [-0.15, -0.1) is 0 Å². The minimum absolute atomic E-state index is 0.722. The van der Waals surface area contributed by atoms with Crippen molar-refractivity contribution in [3.05, 3.63) is 0 Å². The van der Waals surface area contributed by atoms with Crippen LogP contribution in [0.1, 0.15) is 13.3 Å². The lowest BCUT2D eigenvalue weighted by Gasteiger charge is -2.39. The van der Waals surface area contributed by atoms with Crippen LogP contribution in [0.2, 0.25) is 0 Å². The van der Waals surface area contributed by atoms with Gasteiger partial charge in [-0.05, 0) is 13.0 Å². The van der Waals surface area contributed by atoms with E-state index >= 15 is 0 Å². The summed E-state index contributed by atoms with van der Waals surface area (Å²) >= 11 is 0. The summed E-state index contributed by atoms with van der Waals surface area (Å²) in [5, 5.41) is 0. The van der Waals surface area contributed by atoms with Gasteiger partial charge in [-0.1, -0.05) is 6.92 Å². The maximum Gasteiger partial charge on any atom is 0.0618 e. The molecule has 1 aliphatic rings. The number of hydrogen-bond donors (Lipinski definition) is 0. The first-order valence-corrected chi connectivity index (χ1v) is 3.61. The van der Waals surface area contributed by atoms with Crippen LogP contribution in [-0.2, 0) is 4.74 Å². The zero-order valence-corrected chi connectivity index (χ0v) is 6.26. The number of methoxy groups -OCH3 is 1. The van der Waals surface area contributed by atoms with Crippen LogP contribution < -0.4 is 0 Å². The minimum Gasteiger partial charge on any atom is -0.383 e. The van der Waals surface area contributed by atoms with Gasteiger partial charge in [0.2, 0.25) is 0 Å². The Balaban J connectivity index is 2.11. The third kappa shape index (κ3) is 1.43. The molecule has 0 N–H and O–H groups in total. The Labute approximate surface area is 56.8 Å². The molecule has 0 bridgehead atoms. The van der Waals surface area contributed by atoms with Crippen molar-refractivity contribution in [1.29, 1.82) is 0 Å². The average Bonchev–Trinajstić information content (AvgIpc) is 1.82. The second kappa shape index (κ2) is 3.18. The third-order valence-electron chi connectivity index (χ3n) is 2.03.